The molecule has 2 aromatic carbocycles. The van der Waals surface area contributed by atoms with Gasteiger partial charge in [-0.3, -0.25) is 14.6 Å². The van der Waals surface area contributed by atoms with Crippen molar-refractivity contribution in [2.24, 2.45) is 0 Å². The highest BCUT2D eigenvalue weighted by atomic mass is 16.5. The number of benzene rings is 2. The zero-order chi connectivity index (χ0) is 23.5. The lowest BCUT2D eigenvalue weighted by atomic mass is 9.95. The molecule has 0 saturated carbocycles. The van der Waals surface area contributed by atoms with E-state index >= 15 is 0 Å². The standard InChI is InChI=1S/C26H24N2O5/c1-16-9-10-21(33-3)20(12-16)24(29)22-23(18-7-5-11-27-14-18)28(26(31)25(22)30)15-17-6-4-8-19(13-17)32-2/h4-14,23,29H,15H2,1-3H3/b24-22+. The maximum Gasteiger partial charge on any atom is 0.295 e. The molecule has 4 rings (SSSR count). The van der Waals surface area contributed by atoms with E-state index in [0.29, 0.717) is 22.6 Å². The number of aryl methyl sites for hydroxylation is 1. The van der Waals surface area contributed by atoms with Crippen LogP contribution in [0.3, 0.4) is 0 Å². The van der Waals surface area contributed by atoms with Gasteiger partial charge < -0.3 is 19.5 Å². The van der Waals surface area contributed by atoms with Gasteiger partial charge in [-0.2, -0.15) is 0 Å². The predicted molar refractivity (Wildman–Crippen MR) is 123 cm³/mol. The topological polar surface area (TPSA) is 89.0 Å². The van der Waals surface area contributed by atoms with E-state index in [4.69, 9.17) is 9.47 Å². The van der Waals surface area contributed by atoms with Gasteiger partial charge in [-0.15, -0.1) is 0 Å². The fourth-order valence-corrected chi connectivity index (χ4v) is 4.05. The molecule has 1 aromatic heterocycles. The quantitative estimate of drug-likeness (QED) is 0.351. The third-order valence-corrected chi connectivity index (χ3v) is 5.64. The molecule has 1 fully saturated rings. The molecule has 7 nitrogen and oxygen atoms in total. The molecule has 1 atom stereocenters. The molecule has 7 heteroatoms. The third kappa shape index (κ3) is 4.17. The molecule has 1 saturated heterocycles. The van der Waals surface area contributed by atoms with Crippen LogP contribution in [0.1, 0.15) is 28.3 Å². The van der Waals surface area contributed by atoms with E-state index in [1.54, 1.807) is 49.8 Å². The van der Waals surface area contributed by atoms with Gasteiger partial charge in [0.2, 0.25) is 0 Å². The fraction of sp³-hybridized carbons (Fsp3) is 0.192. The molecule has 1 amide bonds. The molecule has 1 aliphatic heterocycles. The molecule has 0 radical (unpaired) electrons. The number of pyridine rings is 1. The van der Waals surface area contributed by atoms with E-state index in [9.17, 15) is 14.7 Å². The molecule has 1 unspecified atom stereocenters. The van der Waals surface area contributed by atoms with Crippen molar-refractivity contribution >= 4 is 17.4 Å². The number of aliphatic hydroxyl groups is 1. The van der Waals surface area contributed by atoms with Crippen LogP contribution in [-0.2, 0) is 16.1 Å². The van der Waals surface area contributed by atoms with Crippen LogP contribution in [0.2, 0.25) is 0 Å². The van der Waals surface area contributed by atoms with Crippen molar-refractivity contribution in [3.8, 4) is 11.5 Å². The van der Waals surface area contributed by atoms with Gasteiger partial charge in [-0.05, 0) is 48.4 Å². The highest BCUT2D eigenvalue weighted by Gasteiger charge is 2.46. The second-order valence-corrected chi connectivity index (χ2v) is 7.77. The van der Waals surface area contributed by atoms with Gasteiger partial charge in [-0.1, -0.05) is 29.8 Å². The number of Topliss-reactive ketones (excluding diaryl/α,β-unsaturated/α-hetero) is 1. The lowest BCUT2D eigenvalue weighted by molar-refractivity contribution is -0.140. The Morgan fingerprint density at radius 3 is 2.58 bits per heavy atom. The van der Waals surface area contributed by atoms with E-state index in [1.165, 1.54) is 12.0 Å². The normalized spacial score (nSPS) is 17.3. The highest BCUT2D eigenvalue weighted by molar-refractivity contribution is 6.46. The molecule has 33 heavy (non-hydrogen) atoms. The summed E-state index contributed by atoms with van der Waals surface area (Å²) in [5.74, 6) is -0.683. The van der Waals surface area contributed by atoms with Crippen LogP contribution in [0.15, 0.2) is 72.6 Å². The average molecular weight is 444 g/mol. The van der Waals surface area contributed by atoms with Crippen LogP contribution in [-0.4, -0.2) is 40.9 Å². The van der Waals surface area contributed by atoms with Crippen molar-refractivity contribution in [3.05, 3.63) is 94.8 Å². The molecule has 2 heterocycles. The van der Waals surface area contributed by atoms with Crippen LogP contribution in [0, 0.1) is 6.92 Å². The highest BCUT2D eigenvalue weighted by Crippen LogP contribution is 2.41. The molecule has 0 aliphatic carbocycles. The van der Waals surface area contributed by atoms with E-state index in [0.717, 1.165) is 11.1 Å². The Bertz CT molecular complexity index is 1240. The lowest BCUT2D eigenvalue weighted by Crippen LogP contribution is -2.29. The summed E-state index contributed by atoms with van der Waals surface area (Å²) < 4.78 is 10.7. The summed E-state index contributed by atoms with van der Waals surface area (Å²) in [6.07, 6.45) is 3.21. The van der Waals surface area contributed by atoms with Crippen molar-refractivity contribution in [2.45, 2.75) is 19.5 Å². The number of hydrogen-bond donors (Lipinski definition) is 1. The van der Waals surface area contributed by atoms with E-state index in [2.05, 4.69) is 4.98 Å². The van der Waals surface area contributed by atoms with Crippen LogP contribution in [0.5, 0.6) is 11.5 Å². The number of amides is 1. The number of aliphatic hydroxyl groups excluding tert-OH is 1. The van der Waals surface area contributed by atoms with E-state index < -0.39 is 17.7 Å². The van der Waals surface area contributed by atoms with Gasteiger partial charge in [0.25, 0.3) is 11.7 Å². The maximum atomic E-state index is 13.2. The van der Waals surface area contributed by atoms with Gasteiger partial charge in [-0.25, -0.2) is 0 Å². The molecule has 3 aromatic rings. The largest absolute Gasteiger partial charge is 0.507 e. The molecule has 1 N–H and O–H groups in total. The second kappa shape index (κ2) is 9.16. The monoisotopic (exact) mass is 444 g/mol. The summed E-state index contributed by atoms with van der Waals surface area (Å²) in [5.41, 5.74) is 2.64. The average Bonchev–Trinajstić information content (AvgIpc) is 3.09. The van der Waals surface area contributed by atoms with Crippen LogP contribution < -0.4 is 9.47 Å². The Balaban J connectivity index is 1.88. The number of methoxy groups -OCH3 is 2. The van der Waals surface area contributed by atoms with Gasteiger partial charge in [0, 0.05) is 18.9 Å². The predicted octanol–water partition coefficient (Wildman–Crippen LogP) is 4.03. The minimum atomic E-state index is -0.810. The number of rotatable bonds is 6. The number of ether oxygens (including phenoxy) is 2. The first-order valence-corrected chi connectivity index (χ1v) is 10.4. The molecular formula is C26H24N2O5. The number of likely N-dealkylation sites (tertiary alicyclic amines) is 1. The Labute approximate surface area is 191 Å². The second-order valence-electron chi connectivity index (χ2n) is 7.77. The summed E-state index contributed by atoms with van der Waals surface area (Å²) in [7, 11) is 3.05. The van der Waals surface area contributed by atoms with Crippen molar-refractivity contribution in [3.63, 3.8) is 0 Å². The summed E-state index contributed by atoms with van der Waals surface area (Å²) >= 11 is 0. The Morgan fingerprint density at radius 1 is 1.06 bits per heavy atom. The summed E-state index contributed by atoms with van der Waals surface area (Å²) in [6, 6.07) is 15.3. The first-order valence-electron chi connectivity index (χ1n) is 10.4. The third-order valence-electron chi connectivity index (χ3n) is 5.64. The summed E-state index contributed by atoms with van der Waals surface area (Å²) in [4.78, 5) is 32.0. The number of carbonyl (C=O) groups is 2. The fourth-order valence-electron chi connectivity index (χ4n) is 4.05. The minimum absolute atomic E-state index is 0.000189. The van der Waals surface area contributed by atoms with Crippen molar-refractivity contribution < 1.29 is 24.2 Å². The van der Waals surface area contributed by atoms with Crippen LogP contribution >= 0.6 is 0 Å². The number of carbonyl (C=O) groups excluding carboxylic acids is 2. The molecule has 1 aliphatic rings. The van der Waals surface area contributed by atoms with Gasteiger partial charge in [0.05, 0.1) is 31.4 Å². The zero-order valence-corrected chi connectivity index (χ0v) is 18.6. The Morgan fingerprint density at radius 2 is 1.88 bits per heavy atom. The van der Waals surface area contributed by atoms with Crippen LogP contribution in [0.4, 0.5) is 0 Å². The van der Waals surface area contributed by atoms with Crippen molar-refractivity contribution in [1.29, 1.82) is 0 Å². The minimum Gasteiger partial charge on any atom is -0.507 e. The first-order chi connectivity index (χ1) is 15.9. The molecule has 168 valence electrons. The van der Waals surface area contributed by atoms with Crippen molar-refractivity contribution in [1.82, 2.24) is 9.88 Å². The van der Waals surface area contributed by atoms with E-state index in [-0.39, 0.29) is 17.9 Å². The summed E-state index contributed by atoms with van der Waals surface area (Å²) in [5, 5.41) is 11.3. The number of hydrogen-bond acceptors (Lipinski definition) is 6. The summed E-state index contributed by atoms with van der Waals surface area (Å²) in [6.45, 7) is 2.03. The Kier molecular flexibility index (Phi) is 6.13. The zero-order valence-electron chi connectivity index (χ0n) is 18.6. The molecule has 0 bridgehead atoms. The number of ketones is 1. The Hall–Kier alpha value is -4.13. The van der Waals surface area contributed by atoms with E-state index in [1.807, 2.05) is 31.2 Å². The smallest absolute Gasteiger partial charge is 0.295 e. The van der Waals surface area contributed by atoms with Gasteiger partial charge in [0.15, 0.2) is 0 Å². The first kappa shape index (κ1) is 22.1. The molecule has 0 spiro atoms. The SMILES string of the molecule is COc1cccc(CN2C(=O)C(=O)/C(=C(/O)c3cc(C)ccc3OC)C2c2cccnc2)c1. The van der Waals surface area contributed by atoms with Gasteiger partial charge in [0.1, 0.15) is 17.3 Å². The maximum absolute atomic E-state index is 13.2. The van der Waals surface area contributed by atoms with Crippen LogP contribution in [0.25, 0.3) is 5.76 Å². The van der Waals surface area contributed by atoms with Gasteiger partial charge >= 0.3 is 0 Å². The lowest BCUT2D eigenvalue weighted by Gasteiger charge is -2.25. The number of aromatic nitrogens is 1. The number of nitrogens with zero attached hydrogens (tertiary/aromatic N) is 2. The van der Waals surface area contributed by atoms with Crippen molar-refractivity contribution in [2.75, 3.05) is 14.2 Å². The molecular weight excluding hydrogens is 420 g/mol.